The van der Waals surface area contributed by atoms with Crippen molar-refractivity contribution >= 4 is 28.4 Å². The summed E-state index contributed by atoms with van der Waals surface area (Å²) in [5.74, 6) is 1.43. The van der Waals surface area contributed by atoms with Gasteiger partial charge in [0.1, 0.15) is 5.82 Å². The average Bonchev–Trinajstić information content (AvgIpc) is 3.47. The van der Waals surface area contributed by atoms with E-state index in [0.717, 1.165) is 61.9 Å². The molecule has 0 spiro atoms. The van der Waals surface area contributed by atoms with E-state index in [4.69, 9.17) is 0 Å². The number of nitrogens with zero attached hydrogens (tertiary/aromatic N) is 3. The Labute approximate surface area is 181 Å². The molecule has 5 rings (SSSR count). The van der Waals surface area contributed by atoms with Gasteiger partial charge in [-0.2, -0.15) is 4.98 Å². The number of aromatic amines is 1. The first-order valence-electron chi connectivity index (χ1n) is 10.8. The maximum Gasteiger partial charge on any atom is 0.229 e. The van der Waals surface area contributed by atoms with Gasteiger partial charge in [-0.15, -0.1) is 0 Å². The highest BCUT2D eigenvalue weighted by molar-refractivity contribution is 5.96. The van der Waals surface area contributed by atoms with Gasteiger partial charge >= 0.3 is 0 Å². The van der Waals surface area contributed by atoms with Crippen LogP contribution in [-0.4, -0.2) is 52.7 Å². The third-order valence-corrected chi connectivity index (χ3v) is 5.57. The highest BCUT2D eigenvalue weighted by atomic mass is 15.3. The van der Waals surface area contributed by atoms with Crippen molar-refractivity contribution < 1.29 is 0 Å². The van der Waals surface area contributed by atoms with Gasteiger partial charge in [-0.3, -0.25) is 4.90 Å². The average molecular weight is 414 g/mol. The van der Waals surface area contributed by atoms with Gasteiger partial charge < -0.3 is 20.9 Å². The van der Waals surface area contributed by atoms with Gasteiger partial charge in [-0.1, -0.05) is 30.3 Å². The quantitative estimate of drug-likeness (QED) is 0.327. The maximum atomic E-state index is 4.61. The molecule has 0 atom stereocenters. The van der Waals surface area contributed by atoms with E-state index in [2.05, 4.69) is 78.4 Å². The van der Waals surface area contributed by atoms with E-state index < -0.39 is 0 Å². The molecule has 1 aliphatic rings. The predicted octanol–water partition coefficient (Wildman–Crippen LogP) is 4.03. The number of aromatic nitrogens is 3. The smallest absolute Gasteiger partial charge is 0.229 e. The van der Waals surface area contributed by atoms with Gasteiger partial charge in [0.25, 0.3) is 0 Å². The summed E-state index contributed by atoms with van der Waals surface area (Å²) in [6.07, 6.45) is 4.93. The van der Waals surface area contributed by atoms with E-state index in [1.165, 1.54) is 10.9 Å². The Kier molecular flexibility index (Phi) is 5.77. The Morgan fingerprint density at radius 2 is 2.03 bits per heavy atom. The number of H-pyrrole nitrogens is 1. The molecule has 31 heavy (non-hydrogen) atoms. The van der Waals surface area contributed by atoms with Gasteiger partial charge in [0.2, 0.25) is 5.95 Å². The molecule has 3 heterocycles. The van der Waals surface area contributed by atoms with Gasteiger partial charge in [0.15, 0.2) is 0 Å². The molecule has 2 aromatic carbocycles. The van der Waals surface area contributed by atoms with E-state index >= 15 is 0 Å². The summed E-state index contributed by atoms with van der Waals surface area (Å²) in [4.78, 5) is 14.8. The maximum absolute atomic E-state index is 4.61. The number of fused-ring (bicyclic) bond motifs is 1. The summed E-state index contributed by atoms with van der Waals surface area (Å²) in [7, 11) is 0. The van der Waals surface area contributed by atoms with Crippen LogP contribution in [0.25, 0.3) is 22.0 Å². The summed E-state index contributed by atoms with van der Waals surface area (Å²) in [6.45, 7) is 5.22. The Balaban J connectivity index is 1.24. The lowest BCUT2D eigenvalue weighted by molar-refractivity contribution is 0.333. The Morgan fingerprint density at radius 1 is 1.06 bits per heavy atom. The van der Waals surface area contributed by atoms with Crippen molar-refractivity contribution in [1.29, 1.82) is 0 Å². The van der Waals surface area contributed by atoms with Crippen LogP contribution in [0, 0.1) is 0 Å². The number of hydrogen-bond acceptors (Lipinski definition) is 6. The second-order valence-electron chi connectivity index (χ2n) is 7.78. The molecular formula is C24H27N7. The van der Waals surface area contributed by atoms with Crippen molar-refractivity contribution in [2.24, 2.45) is 0 Å². The monoisotopic (exact) mass is 413 g/mol. The molecule has 1 fully saturated rings. The molecule has 2 aromatic heterocycles. The molecule has 0 amide bonds. The Morgan fingerprint density at radius 3 is 2.97 bits per heavy atom. The van der Waals surface area contributed by atoms with E-state index in [-0.39, 0.29) is 0 Å². The standard InChI is InChI=1S/C24H27N7/c1-2-8-22-20(7-1)21(16-28-22)18-5-3-6-19(15-18)29-24-27-11-9-23(30-24)26-10-4-13-31-14-12-25-17-31/h1-3,5-9,11,15-16,25,28H,4,10,12-14,17H2,(H2,26,27,29,30). The highest BCUT2D eigenvalue weighted by Crippen LogP contribution is 2.30. The first-order valence-corrected chi connectivity index (χ1v) is 10.8. The van der Waals surface area contributed by atoms with Crippen LogP contribution in [0.4, 0.5) is 17.5 Å². The van der Waals surface area contributed by atoms with E-state index in [1.54, 1.807) is 6.20 Å². The number of anilines is 3. The van der Waals surface area contributed by atoms with Crippen LogP contribution < -0.4 is 16.0 Å². The molecule has 0 aliphatic carbocycles. The minimum Gasteiger partial charge on any atom is -0.370 e. The summed E-state index contributed by atoms with van der Waals surface area (Å²) in [6, 6.07) is 18.6. The first-order chi connectivity index (χ1) is 15.3. The van der Waals surface area contributed by atoms with Crippen LogP contribution in [0.1, 0.15) is 6.42 Å². The van der Waals surface area contributed by atoms with E-state index in [9.17, 15) is 0 Å². The number of nitrogens with one attached hydrogen (secondary N) is 4. The van der Waals surface area contributed by atoms with Gasteiger partial charge in [-0.25, -0.2) is 4.98 Å². The zero-order valence-electron chi connectivity index (χ0n) is 17.4. The third kappa shape index (κ3) is 4.68. The zero-order chi connectivity index (χ0) is 20.9. The minimum absolute atomic E-state index is 0.588. The normalized spacial score (nSPS) is 14.2. The van der Waals surface area contributed by atoms with Crippen LogP contribution in [0.3, 0.4) is 0 Å². The number of rotatable bonds is 8. The van der Waals surface area contributed by atoms with Crippen molar-refractivity contribution in [2.75, 3.05) is 43.5 Å². The Hall–Kier alpha value is -3.42. The molecule has 0 unspecified atom stereocenters. The second-order valence-corrected chi connectivity index (χ2v) is 7.78. The second kappa shape index (κ2) is 9.16. The molecule has 4 aromatic rings. The van der Waals surface area contributed by atoms with E-state index in [0.29, 0.717) is 5.95 Å². The van der Waals surface area contributed by atoms with Crippen LogP contribution in [-0.2, 0) is 0 Å². The molecule has 7 nitrogen and oxygen atoms in total. The number of para-hydroxylation sites is 1. The molecular weight excluding hydrogens is 386 g/mol. The fourth-order valence-electron chi connectivity index (χ4n) is 3.98. The van der Waals surface area contributed by atoms with Gasteiger partial charge in [0, 0.05) is 67.4 Å². The molecule has 1 aliphatic heterocycles. The molecule has 7 heteroatoms. The fraction of sp³-hybridized carbons (Fsp3) is 0.250. The van der Waals surface area contributed by atoms with Gasteiger partial charge in [0.05, 0.1) is 0 Å². The first kappa shape index (κ1) is 19.5. The predicted molar refractivity (Wildman–Crippen MR) is 127 cm³/mol. The lowest BCUT2D eigenvalue weighted by Gasteiger charge is -2.14. The minimum atomic E-state index is 0.588. The topological polar surface area (TPSA) is 80.9 Å². The molecule has 158 valence electrons. The van der Waals surface area contributed by atoms with Crippen LogP contribution >= 0.6 is 0 Å². The summed E-state index contributed by atoms with van der Waals surface area (Å²) >= 11 is 0. The Bertz CT molecular complexity index is 1150. The van der Waals surface area contributed by atoms with Crippen molar-refractivity contribution in [3.05, 3.63) is 67.0 Å². The molecule has 1 saturated heterocycles. The third-order valence-electron chi connectivity index (χ3n) is 5.57. The van der Waals surface area contributed by atoms with Crippen LogP contribution in [0.5, 0.6) is 0 Å². The summed E-state index contributed by atoms with van der Waals surface area (Å²) < 4.78 is 0. The number of benzene rings is 2. The summed E-state index contributed by atoms with van der Waals surface area (Å²) in [5.41, 5.74) is 4.43. The van der Waals surface area contributed by atoms with Crippen LogP contribution in [0.2, 0.25) is 0 Å². The van der Waals surface area contributed by atoms with Gasteiger partial charge in [-0.05, 0) is 36.2 Å². The van der Waals surface area contributed by atoms with Crippen molar-refractivity contribution in [1.82, 2.24) is 25.2 Å². The SMILES string of the molecule is c1cc(Nc2nccc(NCCCN3CCNC3)n2)cc(-c2c[nH]c3ccccc23)c1. The number of hydrogen-bond donors (Lipinski definition) is 4. The summed E-state index contributed by atoms with van der Waals surface area (Å²) in [5, 5.41) is 11.3. The molecule has 0 saturated carbocycles. The molecule has 0 radical (unpaired) electrons. The highest BCUT2D eigenvalue weighted by Gasteiger charge is 2.10. The van der Waals surface area contributed by atoms with Crippen molar-refractivity contribution in [3.63, 3.8) is 0 Å². The molecule has 0 bridgehead atoms. The lowest BCUT2D eigenvalue weighted by Crippen LogP contribution is -2.24. The van der Waals surface area contributed by atoms with Crippen LogP contribution in [0.15, 0.2) is 67.0 Å². The van der Waals surface area contributed by atoms with E-state index in [1.807, 2.05) is 18.2 Å². The molecule has 4 N–H and O–H groups in total. The van der Waals surface area contributed by atoms with Crippen molar-refractivity contribution in [2.45, 2.75) is 6.42 Å². The lowest BCUT2D eigenvalue weighted by atomic mass is 10.0. The zero-order valence-corrected chi connectivity index (χ0v) is 17.4. The largest absolute Gasteiger partial charge is 0.370 e. The fourth-order valence-corrected chi connectivity index (χ4v) is 3.98. The van der Waals surface area contributed by atoms with Crippen molar-refractivity contribution in [3.8, 4) is 11.1 Å².